The molecule has 0 fully saturated rings. The van der Waals surface area contributed by atoms with Crippen LogP contribution in [0.25, 0.3) is 0 Å². The SMILES string of the molecule is CNCc1ccnc(Cc2c(F)cccc2Cl)n1. The second-order valence-electron chi connectivity index (χ2n) is 3.87. The molecule has 0 aliphatic heterocycles. The Balaban J connectivity index is 2.26. The summed E-state index contributed by atoms with van der Waals surface area (Å²) in [6, 6.07) is 6.46. The van der Waals surface area contributed by atoms with E-state index in [0.717, 1.165) is 5.69 Å². The molecule has 5 heteroatoms. The van der Waals surface area contributed by atoms with E-state index in [1.165, 1.54) is 6.07 Å². The van der Waals surface area contributed by atoms with Crippen molar-refractivity contribution in [3.8, 4) is 0 Å². The minimum absolute atomic E-state index is 0.295. The lowest BCUT2D eigenvalue weighted by atomic mass is 10.1. The second-order valence-corrected chi connectivity index (χ2v) is 4.28. The number of nitrogens with zero attached hydrogens (tertiary/aromatic N) is 2. The lowest BCUT2D eigenvalue weighted by Gasteiger charge is -2.06. The molecule has 0 atom stereocenters. The van der Waals surface area contributed by atoms with Gasteiger partial charge in [-0.2, -0.15) is 0 Å². The monoisotopic (exact) mass is 265 g/mol. The van der Waals surface area contributed by atoms with E-state index in [-0.39, 0.29) is 5.82 Å². The molecule has 0 saturated heterocycles. The van der Waals surface area contributed by atoms with Gasteiger partial charge in [0.25, 0.3) is 0 Å². The number of hydrogen-bond donors (Lipinski definition) is 1. The van der Waals surface area contributed by atoms with Crippen molar-refractivity contribution in [2.75, 3.05) is 7.05 Å². The van der Waals surface area contributed by atoms with Crippen molar-refractivity contribution in [1.82, 2.24) is 15.3 Å². The van der Waals surface area contributed by atoms with Gasteiger partial charge in [0.05, 0.1) is 5.69 Å². The number of aromatic nitrogens is 2. The number of nitrogens with one attached hydrogen (secondary N) is 1. The van der Waals surface area contributed by atoms with Crippen LogP contribution < -0.4 is 5.32 Å². The molecular formula is C13H13ClFN3. The molecule has 0 saturated carbocycles. The van der Waals surface area contributed by atoms with Gasteiger partial charge in [0.15, 0.2) is 0 Å². The average Bonchev–Trinajstić information content (AvgIpc) is 2.35. The zero-order valence-corrected chi connectivity index (χ0v) is 10.7. The van der Waals surface area contributed by atoms with Gasteiger partial charge in [0, 0.05) is 29.7 Å². The van der Waals surface area contributed by atoms with Gasteiger partial charge in [-0.15, -0.1) is 0 Å². The molecule has 0 aliphatic carbocycles. The lowest BCUT2D eigenvalue weighted by Crippen LogP contribution is -2.09. The van der Waals surface area contributed by atoms with Crippen LogP contribution in [0.4, 0.5) is 4.39 Å². The Morgan fingerprint density at radius 2 is 2.17 bits per heavy atom. The maximum atomic E-state index is 13.6. The highest BCUT2D eigenvalue weighted by Crippen LogP contribution is 2.21. The minimum Gasteiger partial charge on any atom is -0.314 e. The smallest absolute Gasteiger partial charge is 0.133 e. The van der Waals surface area contributed by atoms with Crippen molar-refractivity contribution in [2.24, 2.45) is 0 Å². The predicted molar refractivity (Wildman–Crippen MR) is 69.0 cm³/mol. The third-order valence-corrected chi connectivity index (χ3v) is 2.87. The first-order valence-electron chi connectivity index (χ1n) is 5.59. The van der Waals surface area contributed by atoms with Gasteiger partial charge in [-0.1, -0.05) is 17.7 Å². The van der Waals surface area contributed by atoms with Gasteiger partial charge >= 0.3 is 0 Å². The number of halogens is 2. The van der Waals surface area contributed by atoms with Gasteiger partial charge in [-0.3, -0.25) is 0 Å². The standard InChI is InChI=1S/C13H13ClFN3/c1-16-8-9-5-6-17-13(18-9)7-10-11(14)3-2-4-12(10)15/h2-6,16H,7-8H2,1H3. The Morgan fingerprint density at radius 3 is 2.89 bits per heavy atom. The van der Waals surface area contributed by atoms with E-state index in [2.05, 4.69) is 15.3 Å². The maximum Gasteiger partial charge on any atom is 0.133 e. The molecule has 2 rings (SSSR count). The van der Waals surface area contributed by atoms with E-state index in [1.807, 2.05) is 13.1 Å². The van der Waals surface area contributed by atoms with E-state index < -0.39 is 0 Å². The fourth-order valence-electron chi connectivity index (χ4n) is 1.67. The largest absolute Gasteiger partial charge is 0.314 e. The fraction of sp³-hybridized carbons (Fsp3) is 0.231. The van der Waals surface area contributed by atoms with Crippen LogP contribution in [-0.4, -0.2) is 17.0 Å². The third kappa shape index (κ3) is 3.03. The molecule has 1 N–H and O–H groups in total. The summed E-state index contributed by atoms with van der Waals surface area (Å²) >= 11 is 5.97. The summed E-state index contributed by atoms with van der Waals surface area (Å²) in [7, 11) is 1.84. The molecule has 3 nitrogen and oxygen atoms in total. The predicted octanol–water partition coefficient (Wildman–Crippen LogP) is 2.58. The van der Waals surface area contributed by atoms with Crippen LogP contribution in [0.15, 0.2) is 30.5 Å². The van der Waals surface area contributed by atoms with Crippen LogP contribution in [0.2, 0.25) is 5.02 Å². The van der Waals surface area contributed by atoms with E-state index >= 15 is 0 Å². The number of benzene rings is 1. The Kier molecular flexibility index (Phi) is 4.23. The number of hydrogen-bond acceptors (Lipinski definition) is 3. The summed E-state index contributed by atoms with van der Waals surface area (Å²) in [4.78, 5) is 8.48. The third-order valence-electron chi connectivity index (χ3n) is 2.52. The maximum absolute atomic E-state index is 13.6. The normalized spacial score (nSPS) is 10.6. The molecule has 0 bridgehead atoms. The Bertz CT molecular complexity index is 525. The van der Waals surface area contributed by atoms with Crippen molar-refractivity contribution in [3.63, 3.8) is 0 Å². The van der Waals surface area contributed by atoms with Crippen molar-refractivity contribution < 1.29 is 4.39 Å². The van der Waals surface area contributed by atoms with Crippen molar-refractivity contribution in [3.05, 3.63) is 58.4 Å². The summed E-state index contributed by atoms with van der Waals surface area (Å²) in [5.41, 5.74) is 1.30. The van der Waals surface area contributed by atoms with E-state index in [4.69, 9.17) is 11.6 Å². The molecule has 0 amide bonds. The minimum atomic E-state index is -0.329. The van der Waals surface area contributed by atoms with Crippen molar-refractivity contribution >= 4 is 11.6 Å². The Labute approximate surface area is 110 Å². The zero-order valence-electron chi connectivity index (χ0n) is 9.95. The lowest BCUT2D eigenvalue weighted by molar-refractivity contribution is 0.611. The summed E-state index contributed by atoms with van der Waals surface area (Å²) in [5, 5.41) is 3.41. The van der Waals surface area contributed by atoms with Crippen molar-refractivity contribution in [2.45, 2.75) is 13.0 Å². The summed E-state index contributed by atoms with van der Waals surface area (Å²) in [6.45, 7) is 0.653. The average molecular weight is 266 g/mol. The number of rotatable bonds is 4. The first kappa shape index (κ1) is 12.9. The molecular weight excluding hydrogens is 253 g/mol. The molecule has 94 valence electrons. The molecule has 0 radical (unpaired) electrons. The Hall–Kier alpha value is -1.52. The second kappa shape index (κ2) is 5.89. The van der Waals surface area contributed by atoms with Gasteiger partial charge in [0.2, 0.25) is 0 Å². The molecule has 1 heterocycles. The zero-order chi connectivity index (χ0) is 13.0. The van der Waals surface area contributed by atoms with Gasteiger partial charge in [-0.05, 0) is 25.2 Å². The highest BCUT2D eigenvalue weighted by molar-refractivity contribution is 6.31. The van der Waals surface area contributed by atoms with Gasteiger partial charge in [-0.25, -0.2) is 14.4 Å². The molecule has 0 unspecified atom stereocenters. The van der Waals surface area contributed by atoms with Crippen LogP contribution >= 0.6 is 11.6 Å². The highest BCUT2D eigenvalue weighted by Gasteiger charge is 2.09. The first-order valence-corrected chi connectivity index (χ1v) is 5.97. The summed E-state index contributed by atoms with van der Waals surface area (Å²) < 4.78 is 13.6. The molecule has 2 aromatic rings. The van der Waals surface area contributed by atoms with E-state index in [1.54, 1.807) is 18.3 Å². The van der Waals surface area contributed by atoms with Crippen LogP contribution in [0, 0.1) is 5.82 Å². The molecule has 0 spiro atoms. The van der Waals surface area contributed by atoms with Crippen LogP contribution in [0.1, 0.15) is 17.1 Å². The summed E-state index contributed by atoms with van der Waals surface area (Å²) in [5.74, 6) is 0.236. The molecule has 0 aliphatic rings. The molecule has 1 aromatic carbocycles. The van der Waals surface area contributed by atoms with Gasteiger partial charge in [0.1, 0.15) is 11.6 Å². The van der Waals surface area contributed by atoms with E-state index in [0.29, 0.717) is 29.4 Å². The molecule has 18 heavy (non-hydrogen) atoms. The molecule has 1 aromatic heterocycles. The fourth-order valence-corrected chi connectivity index (χ4v) is 1.90. The quantitative estimate of drug-likeness (QED) is 0.923. The van der Waals surface area contributed by atoms with Crippen LogP contribution in [0.5, 0.6) is 0 Å². The van der Waals surface area contributed by atoms with Crippen LogP contribution in [0.3, 0.4) is 0 Å². The van der Waals surface area contributed by atoms with E-state index in [9.17, 15) is 4.39 Å². The van der Waals surface area contributed by atoms with Gasteiger partial charge < -0.3 is 5.32 Å². The Morgan fingerprint density at radius 1 is 1.33 bits per heavy atom. The van der Waals surface area contributed by atoms with Crippen LogP contribution in [-0.2, 0) is 13.0 Å². The first-order chi connectivity index (χ1) is 8.70. The highest BCUT2D eigenvalue weighted by atomic mass is 35.5. The topological polar surface area (TPSA) is 37.8 Å². The van der Waals surface area contributed by atoms with Crippen molar-refractivity contribution in [1.29, 1.82) is 0 Å². The summed E-state index contributed by atoms with van der Waals surface area (Å²) in [6.07, 6.45) is 1.97.